The summed E-state index contributed by atoms with van der Waals surface area (Å²) in [6.45, 7) is 4.63. The van der Waals surface area contributed by atoms with E-state index >= 15 is 0 Å². The first-order valence-corrected chi connectivity index (χ1v) is 9.19. The van der Waals surface area contributed by atoms with E-state index in [9.17, 15) is 8.42 Å². The molecule has 1 aliphatic carbocycles. The smallest absolute Gasteiger partial charge is 0.213 e. The van der Waals surface area contributed by atoms with Gasteiger partial charge in [-0.2, -0.15) is 0 Å². The zero-order valence-electron chi connectivity index (χ0n) is 11.2. The van der Waals surface area contributed by atoms with Crippen molar-refractivity contribution in [2.24, 2.45) is 5.92 Å². The SMILES string of the molecule is CC(C)OCCS(=O)(=O)NCC1CCCC(Br)C1. The summed E-state index contributed by atoms with van der Waals surface area (Å²) in [5.74, 6) is 0.513. The molecule has 4 nitrogen and oxygen atoms in total. The molecule has 1 rings (SSSR count). The molecule has 0 amide bonds. The summed E-state index contributed by atoms with van der Waals surface area (Å²) < 4.78 is 31.4. The molecule has 0 saturated heterocycles. The molecule has 0 radical (unpaired) electrons. The first-order chi connectivity index (χ1) is 8.39. The van der Waals surface area contributed by atoms with E-state index in [1.165, 1.54) is 12.8 Å². The van der Waals surface area contributed by atoms with Crippen molar-refractivity contribution in [2.75, 3.05) is 18.9 Å². The molecule has 2 atom stereocenters. The van der Waals surface area contributed by atoms with E-state index in [-0.39, 0.29) is 18.5 Å². The largest absolute Gasteiger partial charge is 0.378 e. The summed E-state index contributed by atoms with van der Waals surface area (Å²) >= 11 is 3.61. The Balaban J connectivity index is 2.24. The van der Waals surface area contributed by atoms with Crippen LogP contribution in [0.4, 0.5) is 0 Å². The third-order valence-electron chi connectivity index (χ3n) is 3.11. The van der Waals surface area contributed by atoms with Crippen molar-refractivity contribution in [3.05, 3.63) is 0 Å². The van der Waals surface area contributed by atoms with Crippen LogP contribution in [0.1, 0.15) is 39.5 Å². The first-order valence-electron chi connectivity index (χ1n) is 6.62. The Morgan fingerprint density at radius 1 is 1.39 bits per heavy atom. The Kier molecular flexibility index (Phi) is 7.13. The summed E-state index contributed by atoms with van der Waals surface area (Å²) in [5.41, 5.74) is 0. The highest BCUT2D eigenvalue weighted by molar-refractivity contribution is 9.09. The van der Waals surface area contributed by atoms with Crippen LogP contribution in [-0.2, 0) is 14.8 Å². The van der Waals surface area contributed by atoms with Gasteiger partial charge in [0.2, 0.25) is 10.0 Å². The predicted octanol–water partition coefficient (Wildman–Crippen LogP) is 2.28. The molecule has 1 N–H and O–H groups in total. The summed E-state index contributed by atoms with van der Waals surface area (Å²) in [6, 6.07) is 0. The van der Waals surface area contributed by atoms with E-state index in [1.807, 2.05) is 13.8 Å². The van der Waals surface area contributed by atoms with Crippen LogP contribution in [0.25, 0.3) is 0 Å². The van der Waals surface area contributed by atoms with Crippen molar-refractivity contribution in [3.63, 3.8) is 0 Å². The van der Waals surface area contributed by atoms with Crippen LogP contribution >= 0.6 is 15.9 Å². The van der Waals surface area contributed by atoms with Crippen molar-refractivity contribution < 1.29 is 13.2 Å². The summed E-state index contributed by atoms with van der Waals surface area (Å²) in [6.07, 6.45) is 4.63. The molecular formula is C12H24BrNO3S. The van der Waals surface area contributed by atoms with Crippen molar-refractivity contribution in [3.8, 4) is 0 Å². The maximum Gasteiger partial charge on any atom is 0.213 e. The average Bonchev–Trinajstić information content (AvgIpc) is 2.26. The second-order valence-corrected chi connectivity index (χ2v) is 8.44. The molecule has 1 aliphatic rings. The van der Waals surface area contributed by atoms with Crippen LogP contribution in [0.5, 0.6) is 0 Å². The van der Waals surface area contributed by atoms with Crippen LogP contribution in [0, 0.1) is 5.92 Å². The quantitative estimate of drug-likeness (QED) is 0.722. The van der Waals surface area contributed by atoms with Crippen LogP contribution in [0.3, 0.4) is 0 Å². The van der Waals surface area contributed by atoms with Gasteiger partial charge in [0.15, 0.2) is 0 Å². The molecule has 0 spiro atoms. The molecule has 1 fully saturated rings. The van der Waals surface area contributed by atoms with Crippen LogP contribution in [0.15, 0.2) is 0 Å². The standard InChI is InChI=1S/C12H24BrNO3S/c1-10(2)17-6-7-18(15,16)14-9-11-4-3-5-12(13)8-11/h10-12,14H,3-9H2,1-2H3. The zero-order chi connectivity index (χ0) is 13.6. The average molecular weight is 342 g/mol. The molecule has 0 aliphatic heterocycles. The van der Waals surface area contributed by atoms with Gasteiger partial charge in [-0.1, -0.05) is 22.4 Å². The lowest BCUT2D eigenvalue weighted by Gasteiger charge is -2.25. The highest BCUT2D eigenvalue weighted by Gasteiger charge is 2.21. The zero-order valence-corrected chi connectivity index (χ0v) is 13.6. The number of rotatable bonds is 7. The van der Waals surface area contributed by atoms with Gasteiger partial charge in [-0.15, -0.1) is 0 Å². The van der Waals surface area contributed by atoms with Gasteiger partial charge >= 0.3 is 0 Å². The molecule has 108 valence electrons. The number of hydrogen-bond acceptors (Lipinski definition) is 3. The fourth-order valence-electron chi connectivity index (χ4n) is 2.12. The Bertz CT molecular complexity index is 332. The summed E-state index contributed by atoms with van der Waals surface area (Å²) in [7, 11) is -3.18. The van der Waals surface area contributed by atoms with E-state index in [0.29, 0.717) is 17.3 Å². The van der Waals surface area contributed by atoms with Crippen molar-refractivity contribution in [2.45, 2.75) is 50.5 Å². The minimum atomic E-state index is -3.18. The van der Waals surface area contributed by atoms with Gasteiger partial charge < -0.3 is 4.74 Å². The first kappa shape index (κ1) is 16.4. The van der Waals surface area contributed by atoms with Crippen LogP contribution in [0.2, 0.25) is 0 Å². The molecule has 18 heavy (non-hydrogen) atoms. The molecule has 0 aromatic carbocycles. The Morgan fingerprint density at radius 2 is 2.11 bits per heavy atom. The normalized spacial score (nSPS) is 25.6. The Hall–Kier alpha value is 0.350. The monoisotopic (exact) mass is 341 g/mol. The van der Waals surface area contributed by atoms with E-state index in [2.05, 4.69) is 20.7 Å². The molecule has 1 saturated carbocycles. The molecular weight excluding hydrogens is 318 g/mol. The van der Waals surface area contributed by atoms with Crippen LogP contribution < -0.4 is 4.72 Å². The molecule has 0 heterocycles. The summed E-state index contributed by atoms with van der Waals surface area (Å²) in [5, 5.41) is 0. The number of ether oxygens (including phenoxy) is 1. The van der Waals surface area contributed by atoms with Crippen LogP contribution in [-0.4, -0.2) is 38.3 Å². The van der Waals surface area contributed by atoms with Gasteiger partial charge in [0, 0.05) is 11.4 Å². The fraction of sp³-hybridized carbons (Fsp3) is 1.00. The Morgan fingerprint density at radius 3 is 2.72 bits per heavy atom. The topological polar surface area (TPSA) is 55.4 Å². The number of halogens is 1. The lowest BCUT2D eigenvalue weighted by molar-refractivity contribution is 0.0911. The van der Waals surface area contributed by atoms with Gasteiger partial charge in [-0.25, -0.2) is 13.1 Å². The maximum absolute atomic E-state index is 11.7. The predicted molar refractivity (Wildman–Crippen MR) is 77.6 cm³/mol. The van der Waals surface area contributed by atoms with Gasteiger partial charge in [-0.05, 0) is 39.0 Å². The highest BCUT2D eigenvalue weighted by Crippen LogP contribution is 2.28. The van der Waals surface area contributed by atoms with Gasteiger partial charge in [0.05, 0.1) is 18.5 Å². The number of sulfonamides is 1. The third kappa shape index (κ3) is 7.07. The molecule has 6 heteroatoms. The minimum Gasteiger partial charge on any atom is -0.378 e. The lowest BCUT2D eigenvalue weighted by atomic mass is 9.89. The van der Waals surface area contributed by atoms with Crippen molar-refractivity contribution >= 4 is 26.0 Å². The summed E-state index contributed by atoms with van der Waals surface area (Å²) in [4.78, 5) is 0.546. The number of hydrogen-bond donors (Lipinski definition) is 1. The van der Waals surface area contributed by atoms with E-state index in [1.54, 1.807) is 0 Å². The molecule has 0 aromatic heterocycles. The number of alkyl halides is 1. The Labute approximate surface area is 119 Å². The molecule has 2 unspecified atom stereocenters. The third-order valence-corrected chi connectivity index (χ3v) is 5.26. The van der Waals surface area contributed by atoms with E-state index in [0.717, 1.165) is 12.8 Å². The van der Waals surface area contributed by atoms with Crippen molar-refractivity contribution in [1.82, 2.24) is 4.72 Å². The fourth-order valence-corrected chi connectivity index (χ4v) is 3.92. The second-order valence-electron chi connectivity index (χ2n) is 5.22. The van der Waals surface area contributed by atoms with Gasteiger partial charge in [-0.3, -0.25) is 0 Å². The van der Waals surface area contributed by atoms with Gasteiger partial charge in [0.1, 0.15) is 0 Å². The second kappa shape index (κ2) is 7.82. The van der Waals surface area contributed by atoms with E-state index in [4.69, 9.17) is 4.74 Å². The maximum atomic E-state index is 11.7. The van der Waals surface area contributed by atoms with Gasteiger partial charge in [0.25, 0.3) is 0 Å². The van der Waals surface area contributed by atoms with E-state index < -0.39 is 10.0 Å². The molecule has 0 bridgehead atoms. The highest BCUT2D eigenvalue weighted by atomic mass is 79.9. The number of nitrogens with one attached hydrogen (secondary N) is 1. The molecule has 0 aromatic rings. The van der Waals surface area contributed by atoms with Crippen molar-refractivity contribution in [1.29, 1.82) is 0 Å². The lowest BCUT2D eigenvalue weighted by Crippen LogP contribution is -2.34. The minimum absolute atomic E-state index is 0.0512.